The number of anilines is 1. The molecule has 2 aromatic rings. The lowest BCUT2D eigenvalue weighted by atomic mass is 9.92. The second-order valence-electron chi connectivity index (χ2n) is 6.64. The molecule has 0 spiro atoms. The summed E-state index contributed by atoms with van der Waals surface area (Å²) in [7, 11) is 0. The van der Waals surface area contributed by atoms with Gasteiger partial charge in [-0.3, -0.25) is 4.79 Å². The highest BCUT2D eigenvalue weighted by Gasteiger charge is 2.22. The fraction of sp³-hybridized carbons (Fsp3) is 0.412. The molecule has 0 saturated heterocycles. The van der Waals surface area contributed by atoms with Crippen molar-refractivity contribution in [2.45, 2.75) is 46.1 Å². The van der Waals surface area contributed by atoms with Gasteiger partial charge in [0, 0.05) is 11.5 Å². The molecule has 0 fully saturated rings. The zero-order valence-corrected chi connectivity index (χ0v) is 13.8. The number of rotatable bonds is 3. The highest BCUT2D eigenvalue weighted by molar-refractivity contribution is 5.94. The van der Waals surface area contributed by atoms with E-state index in [0.717, 1.165) is 16.9 Å². The molecule has 22 heavy (non-hydrogen) atoms. The molecule has 0 aliphatic rings. The Morgan fingerprint density at radius 3 is 2.50 bits per heavy atom. The molecule has 1 amide bonds. The first-order chi connectivity index (χ1) is 10.2. The van der Waals surface area contributed by atoms with Gasteiger partial charge in [0.2, 0.25) is 5.91 Å². The van der Waals surface area contributed by atoms with E-state index in [0.29, 0.717) is 5.82 Å². The van der Waals surface area contributed by atoms with Gasteiger partial charge in [0.25, 0.3) is 0 Å². The summed E-state index contributed by atoms with van der Waals surface area (Å²) in [6.45, 7) is 9.96. The van der Waals surface area contributed by atoms with Crippen molar-refractivity contribution in [1.82, 2.24) is 9.78 Å². The molecule has 5 heteroatoms. The van der Waals surface area contributed by atoms with Crippen LogP contribution in [0.5, 0.6) is 0 Å². The van der Waals surface area contributed by atoms with Gasteiger partial charge in [-0.15, -0.1) is 0 Å². The van der Waals surface area contributed by atoms with E-state index in [2.05, 4.69) is 31.2 Å². The number of carbonyl (C=O) groups is 1. The average molecular weight is 300 g/mol. The Bertz CT molecular complexity index is 680. The van der Waals surface area contributed by atoms with Crippen molar-refractivity contribution in [3.05, 3.63) is 41.6 Å². The highest BCUT2D eigenvalue weighted by Crippen LogP contribution is 2.27. The maximum absolute atomic E-state index is 12.0. The predicted molar refractivity (Wildman–Crippen MR) is 89.3 cm³/mol. The zero-order chi connectivity index (χ0) is 16.5. The van der Waals surface area contributed by atoms with Gasteiger partial charge in [0.1, 0.15) is 5.82 Å². The van der Waals surface area contributed by atoms with Crippen molar-refractivity contribution in [3.63, 3.8) is 0 Å². The Morgan fingerprint density at radius 2 is 1.95 bits per heavy atom. The topological polar surface area (TPSA) is 72.9 Å². The monoisotopic (exact) mass is 300 g/mol. The van der Waals surface area contributed by atoms with Crippen molar-refractivity contribution in [1.29, 1.82) is 0 Å². The van der Waals surface area contributed by atoms with E-state index >= 15 is 0 Å². The van der Waals surface area contributed by atoms with Crippen molar-refractivity contribution in [2.75, 3.05) is 5.32 Å². The fourth-order valence-corrected chi connectivity index (χ4v) is 2.06. The Balaban J connectivity index is 2.54. The van der Waals surface area contributed by atoms with Crippen LogP contribution < -0.4 is 11.1 Å². The van der Waals surface area contributed by atoms with E-state index < -0.39 is 6.04 Å². The lowest BCUT2D eigenvalue weighted by molar-refractivity contribution is -0.117. The van der Waals surface area contributed by atoms with Gasteiger partial charge >= 0.3 is 0 Å². The Hall–Kier alpha value is -2.14. The summed E-state index contributed by atoms with van der Waals surface area (Å²) in [6.07, 6.45) is 0. The molecule has 5 nitrogen and oxygen atoms in total. The van der Waals surface area contributed by atoms with Crippen LogP contribution >= 0.6 is 0 Å². The average Bonchev–Trinajstić information content (AvgIpc) is 2.83. The SMILES string of the molecule is Cc1ccccc1-n1nc(C(C)(C)C)cc1NC(=O)[C@H](C)N. The van der Waals surface area contributed by atoms with Crippen molar-refractivity contribution >= 4 is 11.7 Å². The summed E-state index contributed by atoms with van der Waals surface area (Å²) in [5.41, 5.74) is 8.48. The molecule has 0 unspecified atom stereocenters. The molecule has 3 N–H and O–H groups in total. The molecule has 1 aromatic carbocycles. The third-order valence-corrected chi connectivity index (χ3v) is 3.49. The summed E-state index contributed by atoms with van der Waals surface area (Å²) in [5.74, 6) is 0.414. The van der Waals surface area contributed by atoms with Crippen LogP contribution in [0.15, 0.2) is 30.3 Å². The first-order valence-electron chi connectivity index (χ1n) is 7.43. The number of aromatic nitrogens is 2. The number of nitrogens with zero attached hydrogens (tertiary/aromatic N) is 2. The second-order valence-corrected chi connectivity index (χ2v) is 6.64. The van der Waals surface area contributed by atoms with Gasteiger partial charge in [-0.25, -0.2) is 4.68 Å². The van der Waals surface area contributed by atoms with Crippen LogP contribution in [0.1, 0.15) is 39.0 Å². The Morgan fingerprint density at radius 1 is 1.32 bits per heavy atom. The zero-order valence-electron chi connectivity index (χ0n) is 13.8. The van der Waals surface area contributed by atoms with E-state index in [1.165, 1.54) is 0 Å². The Labute approximate surface area is 131 Å². The maximum Gasteiger partial charge on any atom is 0.242 e. The smallest absolute Gasteiger partial charge is 0.242 e. The number of amides is 1. The number of nitrogens with two attached hydrogens (primary N) is 1. The Kier molecular flexibility index (Phi) is 4.37. The number of hydrogen-bond acceptors (Lipinski definition) is 3. The number of benzene rings is 1. The number of aryl methyl sites for hydroxylation is 1. The van der Waals surface area contributed by atoms with Crippen LogP contribution in [-0.4, -0.2) is 21.7 Å². The minimum absolute atomic E-state index is 0.109. The molecule has 1 aromatic heterocycles. The molecule has 0 saturated carbocycles. The van der Waals surface area contributed by atoms with E-state index in [4.69, 9.17) is 5.73 Å². The van der Waals surface area contributed by atoms with Gasteiger partial charge in [-0.1, -0.05) is 39.0 Å². The standard InChI is InChI=1S/C17H24N4O/c1-11-8-6-7-9-13(11)21-15(19-16(22)12(2)18)10-14(20-21)17(3,4)5/h6-10,12H,18H2,1-5H3,(H,19,22)/t12-/m0/s1. The predicted octanol–water partition coefficient (Wildman–Crippen LogP) is 2.76. The third-order valence-electron chi connectivity index (χ3n) is 3.49. The summed E-state index contributed by atoms with van der Waals surface area (Å²) in [4.78, 5) is 12.0. The van der Waals surface area contributed by atoms with Crippen LogP contribution in [-0.2, 0) is 10.2 Å². The van der Waals surface area contributed by atoms with E-state index in [1.807, 2.05) is 37.3 Å². The number of para-hydroxylation sites is 1. The minimum atomic E-state index is -0.571. The molecule has 1 atom stereocenters. The van der Waals surface area contributed by atoms with Crippen molar-refractivity contribution < 1.29 is 4.79 Å². The van der Waals surface area contributed by atoms with Crippen LogP contribution in [0.2, 0.25) is 0 Å². The molecule has 2 rings (SSSR count). The first kappa shape index (κ1) is 16.2. The summed E-state index contributed by atoms with van der Waals surface area (Å²) in [6, 6.07) is 9.28. The molecule has 0 radical (unpaired) electrons. The van der Waals surface area contributed by atoms with Gasteiger partial charge in [0.05, 0.1) is 17.4 Å². The van der Waals surface area contributed by atoms with Gasteiger partial charge in [-0.2, -0.15) is 5.10 Å². The van der Waals surface area contributed by atoms with Gasteiger partial charge in [-0.05, 0) is 25.5 Å². The van der Waals surface area contributed by atoms with Crippen molar-refractivity contribution in [3.8, 4) is 5.69 Å². The van der Waals surface area contributed by atoms with Crippen LogP contribution in [0, 0.1) is 6.92 Å². The molecular formula is C17H24N4O. The van der Waals surface area contributed by atoms with Crippen LogP contribution in [0.4, 0.5) is 5.82 Å². The van der Waals surface area contributed by atoms with E-state index in [9.17, 15) is 4.79 Å². The van der Waals surface area contributed by atoms with Crippen LogP contribution in [0.25, 0.3) is 5.69 Å². The van der Waals surface area contributed by atoms with Gasteiger partial charge < -0.3 is 11.1 Å². The van der Waals surface area contributed by atoms with E-state index in [-0.39, 0.29) is 11.3 Å². The third kappa shape index (κ3) is 3.36. The minimum Gasteiger partial charge on any atom is -0.320 e. The fourth-order valence-electron chi connectivity index (χ4n) is 2.06. The highest BCUT2D eigenvalue weighted by atomic mass is 16.2. The molecule has 1 heterocycles. The van der Waals surface area contributed by atoms with Crippen LogP contribution in [0.3, 0.4) is 0 Å². The molecule has 0 bridgehead atoms. The van der Waals surface area contributed by atoms with E-state index in [1.54, 1.807) is 11.6 Å². The normalized spacial score (nSPS) is 13.0. The quantitative estimate of drug-likeness (QED) is 0.915. The summed E-state index contributed by atoms with van der Waals surface area (Å²) >= 11 is 0. The first-order valence-corrected chi connectivity index (χ1v) is 7.43. The molecule has 0 aliphatic heterocycles. The molecular weight excluding hydrogens is 276 g/mol. The lowest BCUT2D eigenvalue weighted by Crippen LogP contribution is -2.33. The molecule has 118 valence electrons. The van der Waals surface area contributed by atoms with Gasteiger partial charge in [0.15, 0.2) is 0 Å². The van der Waals surface area contributed by atoms with Crippen molar-refractivity contribution in [2.24, 2.45) is 5.73 Å². The number of carbonyl (C=O) groups excluding carboxylic acids is 1. The number of nitrogens with one attached hydrogen (secondary N) is 1. The molecule has 0 aliphatic carbocycles. The maximum atomic E-state index is 12.0. The summed E-state index contributed by atoms with van der Waals surface area (Å²) < 4.78 is 1.77. The summed E-state index contributed by atoms with van der Waals surface area (Å²) in [5, 5.41) is 7.55. The largest absolute Gasteiger partial charge is 0.320 e. The lowest BCUT2D eigenvalue weighted by Gasteiger charge is -2.14. The number of hydrogen-bond donors (Lipinski definition) is 2. The second kappa shape index (κ2) is 5.93.